The summed E-state index contributed by atoms with van der Waals surface area (Å²) >= 11 is 1.75. The molecule has 0 spiro atoms. The molecule has 2 N–H and O–H groups in total. The molecule has 0 saturated heterocycles. The van der Waals surface area contributed by atoms with E-state index >= 15 is 0 Å². The van der Waals surface area contributed by atoms with Crippen molar-refractivity contribution in [1.29, 1.82) is 0 Å². The van der Waals surface area contributed by atoms with Crippen LogP contribution in [0.1, 0.15) is 30.6 Å². The Kier molecular flexibility index (Phi) is 4.40. The number of nitrogens with two attached hydrogens (primary N) is 1. The van der Waals surface area contributed by atoms with Crippen molar-refractivity contribution in [2.45, 2.75) is 32.1 Å². The third-order valence-electron chi connectivity index (χ3n) is 4.03. The topological polar surface area (TPSA) is 46.3 Å². The third-order valence-corrected chi connectivity index (χ3v) is 4.96. The lowest BCUT2D eigenvalue weighted by Gasteiger charge is -2.31. The van der Waals surface area contributed by atoms with Gasteiger partial charge in [-0.25, -0.2) is 0 Å². The lowest BCUT2D eigenvalue weighted by molar-refractivity contribution is -0.140. The lowest BCUT2D eigenvalue weighted by atomic mass is 9.84. The molecule has 1 aromatic rings. The second kappa shape index (κ2) is 5.85. The zero-order chi connectivity index (χ0) is 13.0. The molecule has 1 aliphatic carbocycles. The van der Waals surface area contributed by atoms with Crippen LogP contribution in [0.5, 0.6) is 0 Å². The first-order valence-electron chi connectivity index (χ1n) is 6.66. The molecule has 3 nitrogen and oxygen atoms in total. The third kappa shape index (κ3) is 2.75. The van der Waals surface area contributed by atoms with Gasteiger partial charge < -0.3 is 10.6 Å². The molecule has 18 heavy (non-hydrogen) atoms. The summed E-state index contributed by atoms with van der Waals surface area (Å²) in [7, 11) is 1.91. The summed E-state index contributed by atoms with van der Waals surface area (Å²) in [5, 5.41) is 2.08. The fourth-order valence-corrected chi connectivity index (χ4v) is 3.49. The maximum absolute atomic E-state index is 12.5. The maximum Gasteiger partial charge on any atom is 0.229 e. The van der Waals surface area contributed by atoms with Crippen molar-refractivity contribution in [3.05, 3.63) is 22.4 Å². The second-order valence-electron chi connectivity index (χ2n) is 5.25. The highest BCUT2D eigenvalue weighted by Gasteiger charge is 2.41. The molecule has 1 heterocycles. The molecule has 1 amide bonds. The van der Waals surface area contributed by atoms with Crippen LogP contribution in [-0.4, -0.2) is 30.9 Å². The van der Waals surface area contributed by atoms with Crippen LogP contribution in [0.2, 0.25) is 0 Å². The summed E-state index contributed by atoms with van der Waals surface area (Å²) in [6.07, 6.45) is 5.15. The molecule has 0 aliphatic heterocycles. The van der Waals surface area contributed by atoms with Crippen molar-refractivity contribution >= 4 is 17.2 Å². The van der Waals surface area contributed by atoms with E-state index in [4.69, 9.17) is 5.73 Å². The monoisotopic (exact) mass is 266 g/mol. The maximum atomic E-state index is 12.5. The van der Waals surface area contributed by atoms with Gasteiger partial charge in [0.15, 0.2) is 0 Å². The number of thiophene rings is 1. The van der Waals surface area contributed by atoms with E-state index in [1.165, 1.54) is 4.88 Å². The summed E-state index contributed by atoms with van der Waals surface area (Å²) in [6.45, 7) is 1.29. The second-order valence-corrected chi connectivity index (χ2v) is 6.28. The van der Waals surface area contributed by atoms with E-state index in [-0.39, 0.29) is 11.3 Å². The molecule has 1 fully saturated rings. The van der Waals surface area contributed by atoms with Gasteiger partial charge in [-0.05, 0) is 30.7 Å². The van der Waals surface area contributed by atoms with Crippen molar-refractivity contribution in [2.75, 3.05) is 20.1 Å². The van der Waals surface area contributed by atoms with E-state index in [0.29, 0.717) is 6.54 Å². The minimum Gasteiger partial charge on any atom is -0.345 e. The van der Waals surface area contributed by atoms with Crippen molar-refractivity contribution in [1.82, 2.24) is 4.90 Å². The Morgan fingerprint density at radius 1 is 1.50 bits per heavy atom. The number of rotatable bonds is 5. The fourth-order valence-electron chi connectivity index (χ4n) is 2.80. The van der Waals surface area contributed by atoms with Crippen molar-refractivity contribution in [2.24, 2.45) is 11.1 Å². The first-order chi connectivity index (χ1) is 8.68. The molecule has 100 valence electrons. The van der Waals surface area contributed by atoms with Crippen molar-refractivity contribution in [3.63, 3.8) is 0 Å². The summed E-state index contributed by atoms with van der Waals surface area (Å²) in [5.74, 6) is 0.249. The predicted octanol–water partition coefficient (Wildman–Crippen LogP) is 2.27. The highest BCUT2D eigenvalue weighted by Crippen LogP contribution is 2.38. The van der Waals surface area contributed by atoms with Crippen LogP contribution in [0, 0.1) is 5.41 Å². The molecule has 4 heteroatoms. The van der Waals surface area contributed by atoms with Gasteiger partial charge in [0.2, 0.25) is 5.91 Å². The number of hydrogen-bond acceptors (Lipinski definition) is 3. The highest BCUT2D eigenvalue weighted by molar-refractivity contribution is 7.09. The van der Waals surface area contributed by atoms with Gasteiger partial charge in [0.05, 0.1) is 5.41 Å². The van der Waals surface area contributed by atoms with E-state index in [9.17, 15) is 4.79 Å². The number of amides is 1. The van der Waals surface area contributed by atoms with Crippen LogP contribution in [-0.2, 0) is 11.2 Å². The van der Waals surface area contributed by atoms with Gasteiger partial charge in [-0.2, -0.15) is 0 Å². The first-order valence-corrected chi connectivity index (χ1v) is 7.54. The number of likely N-dealkylation sites (N-methyl/N-ethyl adjacent to an activating group) is 1. The predicted molar refractivity (Wildman–Crippen MR) is 75.6 cm³/mol. The Hall–Kier alpha value is -0.870. The molecule has 0 atom stereocenters. The molecule has 2 rings (SSSR count). The van der Waals surface area contributed by atoms with Crippen LogP contribution in [0.25, 0.3) is 0 Å². The van der Waals surface area contributed by atoms with E-state index in [1.807, 2.05) is 11.9 Å². The van der Waals surface area contributed by atoms with E-state index < -0.39 is 0 Å². The number of nitrogens with zero attached hydrogens (tertiary/aromatic N) is 1. The van der Waals surface area contributed by atoms with E-state index in [0.717, 1.165) is 38.6 Å². The Labute approximate surface area is 113 Å². The van der Waals surface area contributed by atoms with Crippen LogP contribution in [0.15, 0.2) is 17.5 Å². The molecule has 1 aromatic heterocycles. The normalized spacial score (nSPS) is 17.9. The van der Waals surface area contributed by atoms with Crippen LogP contribution < -0.4 is 5.73 Å². The largest absolute Gasteiger partial charge is 0.345 e. The summed E-state index contributed by atoms with van der Waals surface area (Å²) < 4.78 is 0. The zero-order valence-electron chi connectivity index (χ0n) is 11.0. The quantitative estimate of drug-likeness (QED) is 0.888. The van der Waals surface area contributed by atoms with Gasteiger partial charge in [0, 0.05) is 25.0 Å². The number of carbonyl (C=O) groups excluding carboxylic acids is 1. The summed E-state index contributed by atoms with van der Waals surface area (Å²) in [5.41, 5.74) is 5.59. The lowest BCUT2D eigenvalue weighted by Crippen LogP contribution is -2.45. The summed E-state index contributed by atoms with van der Waals surface area (Å²) in [6, 6.07) is 4.18. The molecule has 0 unspecified atom stereocenters. The highest BCUT2D eigenvalue weighted by atomic mass is 32.1. The van der Waals surface area contributed by atoms with Gasteiger partial charge in [0.25, 0.3) is 0 Å². The van der Waals surface area contributed by atoms with Gasteiger partial charge in [-0.3, -0.25) is 4.79 Å². The zero-order valence-corrected chi connectivity index (χ0v) is 11.8. The SMILES string of the molecule is CN(CCc1cccs1)C(=O)C1(CN)CCCC1. The van der Waals surface area contributed by atoms with Crippen molar-refractivity contribution in [3.8, 4) is 0 Å². The number of carbonyl (C=O) groups is 1. The molecular weight excluding hydrogens is 244 g/mol. The molecule has 0 bridgehead atoms. The van der Waals surface area contributed by atoms with Gasteiger partial charge in [-0.1, -0.05) is 18.9 Å². The van der Waals surface area contributed by atoms with E-state index in [1.54, 1.807) is 11.3 Å². The average Bonchev–Trinajstić information content (AvgIpc) is 3.06. The van der Waals surface area contributed by atoms with E-state index in [2.05, 4.69) is 17.5 Å². The molecular formula is C14H22N2OS. The molecule has 0 radical (unpaired) electrons. The molecule has 1 aliphatic rings. The fraction of sp³-hybridized carbons (Fsp3) is 0.643. The molecule has 1 saturated carbocycles. The Bertz CT molecular complexity index is 383. The van der Waals surface area contributed by atoms with Crippen molar-refractivity contribution < 1.29 is 4.79 Å². The van der Waals surface area contributed by atoms with Gasteiger partial charge >= 0.3 is 0 Å². The standard InChI is InChI=1S/C14H22N2OS/c1-16(9-6-12-5-4-10-18-12)13(17)14(11-15)7-2-3-8-14/h4-5,10H,2-3,6-9,11,15H2,1H3. The summed E-state index contributed by atoms with van der Waals surface area (Å²) in [4.78, 5) is 15.7. The van der Waals surface area contributed by atoms with Crippen LogP contribution in [0.4, 0.5) is 0 Å². The Morgan fingerprint density at radius 3 is 2.78 bits per heavy atom. The minimum atomic E-state index is -0.260. The Morgan fingerprint density at radius 2 is 2.22 bits per heavy atom. The molecule has 0 aromatic carbocycles. The smallest absolute Gasteiger partial charge is 0.229 e. The van der Waals surface area contributed by atoms with Crippen LogP contribution >= 0.6 is 11.3 Å². The average molecular weight is 266 g/mol. The van der Waals surface area contributed by atoms with Gasteiger partial charge in [-0.15, -0.1) is 11.3 Å². The minimum absolute atomic E-state index is 0.249. The van der Waals surface area contributed by atoms with Gasteiger partial charge in [0.1, 0.15) is 0 Å². The van der Waals surface area contributed by atoms with Crippen LogP contribution in [0.3, 0.4) is 0 Å². The first kappa shape index (κ1) is 13.6. The number of hydrogen-bond donors (Lipinski definition) is 1. The Balaban J connectivity index is 1.91.